The van der Waals surface area contributed by atoms with E-state index in [9.17, 15) is 4.79 Å². The van der Waals surface area contributed by atoms with Crippen molar-refractivity contribution in [2.24, 2.45) is 11.8 Å². The van der Waals surface area contributed by atoms with Gasteiger partial charge in [-0.15, -0.1) is 0 Å². The Bertz CT molecular complexity index is 799. The molecule has 4 rings (SSSR count). The second kappa shape index (κ2) is 7.09. The molecule has 7 heteroatoms. The molecular weight excluding hydrogens is 332 g/mol. The minimum atomic E-state index is -0.142. The summed E-state index contributed by atoms with van der Waals surface area (Å²) in [6, 6.07) is 3.81. The van der Waals surface area contributed by atoms with Crippen LogP contribution < -0.4 is 5.32 Å². The van der Waals surface area contributed by atoms with Crippen molar-refractivity contribution in [3.63, 3.8) is 0 Å². The van der Waals surface area contributed by atoms with Gasteiger partial charge in [0, 0.05) is 55.7 Å². The smallest absolute Gasteiger partial charge is 0.254 e. The Morgan fingerprint density at radius 3 is 3.04 bits per heavy atom. The first kappa shape index (κ1) is 17.1. The summed E-state index contributed by atoms with van der Waals surface area (Å²) < 4.78 is 11.1. The van der Waals surface area contributed by atoms with Crippen molar-refractivity contribution in [2.75, 3.05) is 20.3 Å². The van der Waals surface area contributed by atoms with Gasteiger partial charge in [0.25, 0.3) is 5.91 Å². The molecule has 0 bridgehead atoms. The lowest BCUT2D eigenvalue weighted by Crippen LogP contribution is -2.62. The highest BCUT2D eigenvalue weighted by Gasteiger charge is 2.54. The minimum absolute atomic E-state index is 0.0762. The predicted octanol–water partition coefficient (Wildman–Crippen LogP) is 1.63. The van der Waals surface area contributed by atoms with Gasteiger partial charge in [0.15, 0.2) is 5.82 Å². The van der Waals surface area contributed by atoms with Crippen molar-refractivity contribution < 1.29 is 14.3 Å². The lowest BCUT2D eigenvalue weighted by atomic mass is 9.67. The van der Waals surface area contributed by atoms with E-state index in [-0.39, 0.29) is 24.0 Å². The molecule has 1 aliphatic heterocycles. The quantitative estimate of drug-likeness (QED) is 0.878. The minimum Gasteiger partial charge on any atom is -0.384 e. The van der Waals surface area contributed by atoms with E-state index in [0.717, 1.165) is 18.6 Å². The van der Waals surface area contributed by atoms with Gasteiger partial charge in [-0.1, -0.05) is 0 Å². The fourth-order valence-electron chi connectivity index (χ4n) is 3.99. The van der Waals surface area contributed by atoms with Crippen molar-refractivity contribution in [3.05, 3.63) is 42.0 Å². The number of pyridine rings is 1. The van der Waals surface area contributed by atoms with Gasteiger partial charge >= 0.3 is 0 Å². The zero-order chi connectivity index (χ0) is 18.1. The fourth-order valence-corrected chi connectivity index (χ4v) is 3.99. The van der Waals surface area contributed by atoms with Crippen molar-refractivity contribution in [3.8, 4) is 11.4 Å². The monoisotopic (exact) mass is 354 g/mol. The number of aromatic nitrogens is 3. The van der Waals surface area contributed by atoms with Gasteiger partial charge in [0.2, 0.25) is 0 Å². The SMILES string of the molecule is COC[C@@H]1[C@H](NC(=O)c2cnc(-c3cccnc3)nc2C)[C@@H]2CCO[C@H]12. The third kappa shape index (κ3) is 2.97. The van der Waals surface area contributed by atoms with E-state index in [4.69, 9.17) is 9.47 Å². The number of hydrogen-bond acceptors (Lipinski definition) is 6. The zero-order valence-electron chi connectivity index (χ0n) is 14.9. The molecule has 0 radical (unpaired) electrons. The highest BCUT2D eigenvalue weighted by atomic mass is 16.5. The number of carbonyl (C=O) groups excluding carboxylic acids is 1. The van der Waals surface area contributed by atoms with Crippen molar-refractivity contribution in [2.45, 2.75) is 25.5 Å². The van der Waals surface area contributed by atoms with E-state index in [0.29, 0.717) is 29.6 Å². The lowest BCUT2D eigenvalue weighted by molar-refractivity contribution is -0.0809. The summed E-state index contributed by atoms with van der Waals surface area (Å²) >= 11 is 0. The van der Waals surface area contributed by atoms with Crippen LogP contribution in [0.5, 0.6) is 0 Å². The molecule has 4 atom stereocenters. The van der Waals surface area contributed by atoms with Crippen molar-refractivity contribution >= 4 is 5.91 Å². The van der Waals surface area contributed by atoms with Crippen LogP contribution in [0.3, 0.4) is 0 Å². The number of fused-ring (bicyclic) bond motifs is 1. The molecular formula is C19H22N4O3. The summed E-state index contributed by atoms with van der Waals surface area (Å²) in [7, 11) is 1.68. The molecule has 136 valence electrons. The molecule has 26 heavy (non-hydrogen) atoms. The molecule has 2 aliphatic rings. The predicted molar refractivity (Wildman–Crippen MR) is 94.5 cm³/mol. The van der Waals surface area contributed by atoms with Crippen LogP contribution in [0.25, 0.3) is 11.4 Å². The maximum atomic E-state index is 12.8. The molecule has 1 aliphatic carbocycles. The highest BCUT2D eigenvalue weighted by Crippen LogP contribution is 2.43. The molecule has 1 N–H and O–H groups in total. The molecule has 0 unspecified atom stereocenters. The van der Waals surface area contributed by atoms with Crippen LogP contribution in [0.2, 0.25) is 0 Å². The molecule has 1 saturated heterocycles. The van der Waals surface area contributed by atoms with Gasteiger partial charge in [-0.25, -0.2) is 9.97 Å². The van der Waals surface area contributed by atoms with Crippen LogP contribution >= 0.6 is 0 Å². The standard InChI is InChI=1S/C19H22N4O3/c1-11-14(9-21-18(22-11)12-4-3-6-20-8-12)19(24)23-16-13-5-7-26-17(13)15(16)10-25-2/h3-4,6,8-9,13,15-17H,5,7,10H2,1-2H3,(H,23,24)/t13-,15+,16+,17-/m0/s1. The molecule has 0 spiro atoms. The number of aryl methyl sites for hydroxylation is 1. The largest absolute Gasteiger partial charge is 0.384 e. The van der Waals surface area contributed by atoms with E-state index in [1.54, 1.807) is 25.7 Å². The van der Waals surface area contributed by atoms with Crippen LogP contribution in [-0.2, 0) is 9.47 Å². The number of carbonyl (C=O) groups is 1. The van der Waals surface area contributed by atoms with Gasteiger partial charge in [-0.3, -0.25) is 9.78 Å². The highest BCUT2D eigenvalue weighted by molar-refractivity contribution is 5.95. The Kier molecular flexibility index (Phi) is 4.65. The van der Waals surface area contributed by atoms with Crippen LogP contribution in [0, 0.1) is 18.8 Å². The fraction of sp³-hybridized carbons (Fsp3) is 0.474. The number of ether oxygens (including phenoxy) is 2. The summed E-state index contributed by atoms with van der Waals surface area (Å²) in [6.07, 6.45) is 6.18. The van der Waals surface area contributed by atoms with E-state index in [2.05, 4.69) is 20.3 Å². The number of amides is 1. The molecule has 1 saturated carbocycles. The maximum absolute atomic E-state index is 12.8. The van der Waals surface area contributed by atoms with E-state index < -0.39 is 0 Å². The lowest BCUT2D eigenvalue weighted by Gasteiger charge is -2.47. The van der Waals surface area contributed by atoms with Gasteiger partial charge < -0.3 is 14.8 Å². The topological polar surface area (TPSA) is 86.2 Å². The third-order valence-electron chi connectivity index (χ3n) is 5.33. The zero-order valence-corrected chi connectivity index (χ0v) is 14.9. The summed E-state index contributed by atoms with van der Waals surface area (Å²) in [5, 5.41) is 3.15. The second-order valence-corrected chi connectivity index (χ2v) is 6.84. The number of nitrogens with zero attached hydrogens (tertiary/aromatic N) is 3. The number of hydrogen-bond donors (Lipinski definition) is 1. The molecule has 2 aromatic rings. The Hall–Kier alpha value is -2.38. The summed E-state index contributed by atoms with van der Waals surface area (Å²) in [5.41, 5.74) is 1.97. The average Bonchev–Trinajstić information content (AvgIpc) is 3.09. The second-order valence-electron chi connectivity index (χ2n) is 6.84. The van der Waals surface area contributed by atoms with Crippen LogP contribution in [0.15, 0.2) is 30.7 Å². The van der Waals surface area contributed by atoms with Crippen LogP contribution in [0.1, 0.15) is 22.5 Å². The molecule has 3 heterocycles. The normalized spacial score (nSPS) is 26.8. The van der Waals surface area contributed by atoms with Gasteiger partial charge in [-0.2, -0.15) is 0 Å². The first-order valence-electron chi connectivity index (χ1n) is 8.84. The van der Waals surface area contributed by atoms with E-state index >= 15 is 0 Å². The van der Waals surface area contributed by atoms with E-state index in [1.165, 1.54) is 0 Å². The first-order chi connectivity index (χ1) is 12.7. The Morgan fingerprint density at radius 1 is 1.42 bits per heavy atom. The van der Waals surface area contributed by atoms with Crippen molar-refractivity contribution in [1.82, 2.24) is 20.3 Å². The Labute approximate surface area is 152 Å². The number of nitrogens with one attached hydrogen (secondary N) is 1. The molecule has 2 aromatic heterocycles. The van der Waals surface area contributed by atoms with Crippen LogP contribution in [0.4, 0.5) is 0 Å². The van der Waals surface area contributed by atoms with Gasteiger partial charge in [0.05, 0.1) is 24.0 Å². The van der Waals surface area contributed by atoms with Gasteiger partial charge in [-0.05, 0) is 25.5 Å². The summed E-state index contributed by atoms with van der Waals surface area (Å²) in [4.78, 5) is 25.7. The number of methoxy groups -OCH3 is 1. The van der Waals surface area contributed by atoms with E-state index in [1.807, 2.05) is 19.1 Å². The van der Waals surface area contributed by atoms with Crippen LogP contribution in [-0.4, -0.2) is 53.3 Å². The van der Waals surface area contributed by atoms with Gasteiger partial charge in [0.1, 0.15) is 0 Å². The Morgan fingerprint density at radius 2 is 2.31 bits per heavy atom. The third-order valence-corrected chi connectivity index (χ3v) is 5.33. The molecule has 1 amide bonds. The average molecular weight is 354 g/mol. The molecule has 2 fully saturated rings. The van der Waals surface area contributed by atoms with Crippen molar-refractivity contribution in [1.29, 1.82) is 0 Å². The Balaban J connectivity index is 1.50. The number of rotatable bonds is 5. The first-order valence-corrected chi connectivity index (χ1v) is 8.84. The molecule has 7 nitrogen and oxygen atoms in total. The summed E-state index contributed by atoms with van der Waals surface area (Å²) in [5.74, 6) is 0.997. The molecule has 0 aromatic carbocycles. The maximum Gasteiger partial charge on any atom is 0.254 e. The summed E-state index contributed by atoms with van der Waals surface area (Å²) in [6.45, 7) is 3.16.